The van der Waals surface area contributed by atoms with Crippen LogP contribution in [-0.2, 0) is 6.54 Å². The van der Waals surface area contributed by atoms with E-state index < -0.39 is 5.97 Å². The second-order valence-electron chi connectivity index (χ2n) is 3.97. The molecular weight excluding hydrogens is 330 g/mol. The van der Waals surface area contributed by atoms with E-state index in [1.54, 1.807) is 24.3 Å². The van der Waals surface area contributed by atoms with Crippen LogP contribution in [0.2, 0.25) is 5.02 Å². The molecule has 2 rings (SSSR count). The number of carbonyl (C=O) groups is 1. The largest absolute Gasteiger partial charge is 0.478 e. The van der Waals surface area contributed by atoms with Crippen molar-refractivity contribution in [2.24, 2.45) is 0 Å². The quantitative estimate of drug-likeness (QED) is 0.866. The van der Waals surface area contributed by atoms with Crippen molar-refractivity contribution in [2.45, 2.75) is 6.54 Å². The van der Waals surface area contributed by atoms with Gasteiger partial charge in [-0.15, -0.1) is 0 Å². The van der Waals surface area contributed by atoms with Crippen molar-refractivity contribution in [3.63, 3.8) is 0 Å². The van der Waals surface area contributed by atoms with Crippen molar-refractivity contribution >= 4 is 39.2 Å². The lowest BCUT2D eigenvalue weighted by Gasteiger charge is -2.08. The summed E-state index contributed by atoms with van der Waals surface area (Å²) in [5.41, 5.74) is 2.10. The Kier molecular flexibility index (Phi) is 4.45. The number of rotatable bonds is 4. The predicted octanol–water partition coefficient (Wildman–Crippen LogP) is 4.41. The van der Waals surface area contributed by atoms with E-state index in [4.69, 9.17) is 16.7 Å². The second kappa shape index (κ2) is 6.08. The van der Waals surface area contributed by atoms with Crippen LogP contribution >= 0.6 is 27.5 Å². The van der Waals surface area contributed by atoms with Crippen molar-refractivity contribution in [2.75, 3.05) is 5.32 Å². The molecule has 0 fully saturated rings. The molecule has 19 heavy (non-hydrogen) atoms. The number of halogens is 2. The van der Waals surface area contributed by atoms with Crippen LogP contribution in [0, 0.1) is 0 Å². The zero-order valence-electron chi connectivity index (χ0n) is 9.86. The maximum Gasteiger partial charge on any atom is 0.335 e. The van der Waals surface area contributed by atoms with Crippen LogP contribution in [0.1, 0.15) is 15.9 Å². The summed E-state index contributed by atoms with van der Waals surface area (Å²) in [4.78, 5) is 10.7. The predicted molar refractivity (Wildman–Crippen MR) is 79.9 cm³/mol. The van der Waals surface area contributed by atoms with Gasteiger partial charge in [0.05, 0.1) is 5.56 Å². The average molecular weight is 341 g/mol. The molecule has 0 aromatic heterocycles. The standard InChI is InChI=1S/C14H11BrClNO2/c15-11-4-1-10(13(16)7-11)8-17-12-5-2-9(3-6-12)14(18)19/h1-7,17H,8H2,(H,18,19). The van der Waals surface area contributed by atoms with Gasteiger partial charge in [-0.05, 0) is 42.0 Å². The van der Waals surface area contributed by atoms with Gasteiger partial charge in [0, 0.05) is 21.7 Å². The average Bonchev–Trinajstić information content (AvgIpc) is 2.38. The molecule has 0 saturated heterocycles. The molecule has 0 aliphatic rings. The Morgan fingerprint density at radius 3 is 2.47 bits per heavy atom. The van der Waals surface area contributed by atoms with Gasteiger partial charge >= 0.3 is 5.97 Å². The van der Waals surface area contributed by atoms with E-state index in [-0.39, 0.29) is 5.56 Å². The summed E-state index contributed by atoms with van der Waals surface area (Å²) in [5, 5.41) is 12.7. The molecule has 0 atom stereocenters. The Balaban J connectivity index is 2.04. The van der Waals surface area contributed by atoms with Crippen LogP contribution in [-0.4, -0.2) is 11.1 Å². The molecular formula is C14H11BrClNO2. The Morgan fingerprint density at radius 2 is 1.89 bits per heavy atom. The highest BCUT2D eigenvalue weighted by atomic mass is 79.9. The Hall–Kier alpha value is -1.52. The van der Waals surface area contributed by atoms with E-state index in [9.17, 15) is 4.79 Å². The van der Waals surface area contributed by atoms with Crippen molar-refractivity contribution in [3.8, 4) is 0 Å². The summed E-state index contributed by atoms with van der Waals surface area (Å²) in [6, 6.07) is 12.3. The summed E-state index contributed by atoms with van der Waals surface area (Å²) in [5.74, 6) is -0.928. The summed E-state index contributed by atoms with van der Waals surface area (Å²) in [7, 11) is 0. The molecule has 0 aliphatic carbocycles. The monoisotopic (exact) mass is 339 g/mol. The molecule has 0 amide bonds. The summed E-state index contributed by atoms with van der Waals surface area (Å²) in [6.07, 6.45) is 0. The lowest BCUT2D eigenvalue weighted by atomic mass is 10.2. The number of hydrogen-bond acceptors (Lipinski definition) is 2. The van der Waals surface area contributed by atoms with Crippen LogP contribution in [0.25, 0.3) is 0 Å². The summed E-state index contributed by atoms with van der Waals surface area (Å²) >= 11 is 9.47. The number of hydrogen-bond donors (Lipinski definition) is 2. The second-order valence-corrected chi connectivity index (χ2v) is 5.29. The highest BCUT2D eigenvalue weighted by molar-refractivity contribution is 9.10. The van der Waals surface area contributed by atoms with Gasteiger partial charge in [0.25, 0.3) is 0 Å². The highest BCUT2D eigenvalue weighted by Gasteiger charge is 2.03. The van der Waals surface area contributed by atoms with Crippen molar-refractivity contribution in [3.05, 3.63) is 63.1 Å². The van der Waals surface area contributed by atoms with Gasteiger partial charge < -0.3 is 10.4 Å². The molecule has 0 saturated carbocycles. The van der Waals surface area contributed by atoms with Crippen LogP contribution < -0.4 is 5.32 Å². The molecule has 98 valence electrons. The van der Waals surface area contributed by atoms with E-state index in [0.29, 0.717) is 11.6 Å². The molecule has 5 heteroatoms. The maximum atomic E-state index is 10.7. The molecule has 0 aliphatic heterocycles. The Morgan fingerprint density at radius 1 is 1.21 bits per heavy atom. The first-order valence-corrected chi connectivity index (χ1v) is 6.74. The number of carboxylic acid groups (broad SMARTS) is 1. The molecule has 2 aromatic carbocycles. The molecule has 2 N–H and O–H groups in total. The van der Waals surface area contributed by atoms with Crippen molar-refractivity contribution < 1.29 is 9.90 Å². The zero-order valence-corrected chi connectivity index (χ0v) is 12.2. The van der Waals surface area contributed by atoms with Crippen LogP contribution in [0.3, 0.4) is 0 Å². The molecule has 0 bridgehead atoms. The molecule has 3 nitrogen and oxygen atoms in total. The van der Waals surface area contributed by atoms with Gasteiger partial charge in [0.15, 0.2) is 0 Å². The fraction of sp³-hybridized carbons (Fsp3) is 0.0714. The fourth-order valence-corrected chi connectivity index (χ4v) is 2.33. The highest BCUT2D eigenvalue weighted by Crippen LogP contribution is 2.22. The van der Waals surface area contributed by atoms with Crippen LogP contribution in [0.4, 0.5) is 5.69 Å². The third-order valence-electron chi connectivity index (χ3n) is 2.63. The lowest BCUT2D eigenvalue weighted by Crippen LogP contribution is -2.01. The van der Waals surface area contributed by atoms with Gasteiger partial charge in [-0.25, -0.2) is 4.79 Å². The van der Waals surface area contributed by atoms with E-state index in [2.05, 4.69) is 21.2 Å². The van der Waals surface area contributed by atoms with Gasteiger partial charge in [-0.3, -0.25) is 0 Å². The van der Waals surface area contributed by atoms with Crippen LogP contribution in [0.5, 0.6) is 0 Å². The van der Waals surface area contributed by atoms with Gasteiger partial charge in [0.1, 0.15) is 0 Å². The molecule has 0 radical (unpaired) electrons. The lowest BCUT2D eigenvalue weighted by molar-refractivity contribution is 0.0697. The van der Waals surface area contributed by atoms with Crippen molar-refractivity contribution in [1.82, 2.24) is 0 Å². The topological polar surface area (TPSA) is 49.3 Å². The maximum absolute atomic E-state index is 10.7. The number of carboxylic acids is 1. The first kappa shape index (κ1) is 13.9. The Bertz CT molecular complexity index is 599. The normalized spacial score (nSPS) is 10.2. The third-order valence-corrected chi connectivity index (χ3v) is 3.48. The third kappa shape index (κ3) is 3.72. The minimum atomic E-state index is -0.928. The van der Waals surface area contributed by atoms with E-state index in [0.717, 1.165) is 15.7 Å². The minimum absolute atomic E-state index is 0.271. The van der Waals surface area contributed by atoms with Crippen LogP contribution in [0.15, 0.2) is 46.9 Å². The molecule has 0 unspecified atom stereocenters. The van der Waals surface area contributed by atoms with E-state index >= 15 is 0 Å². The van der Waals surface area contributed by atoms with Gasteiger partial charge in [0.2, 0.25) is 0 Å². The molecule has 2 aromatic rings. The summed E-state index contributed by atoms with van der Waals surface area (Å²) < 4.78 is 0.937. The Labute approximate surface area is 124 Å². The molecule has 0 spiro atoms. The van der Waals surface area contributed by atoms with Gasteiger partial charge in [-0.2, -0.15) is 0 Å². The number of benzene rings is 2. The van der Waals surface area contributed by atoms with E-state index in [1.165, 1.54) is 0 Å². The number of nitrogens with one attached hydrogen (secondary N) is 1. The smallest absolute Gasteiger partial charge is 0.335 e. The SMILES string of the molecule is O=C(O)c1ccc(NCc2ccc(Br)cc2Cl)cc1. The first-order valence-electron chi connectivity index (χ1n) is 5.57. The number of aromatic carboxylic acids is 1. The first-order chi connectivity index (χ1) is 9.06. The number of anilines is 1. The fourth-order valence-electron chi connectivity index (χ4n) is 1.59. The van der Waals surface area contributed by atoms with Crippen molar-refractivity contribution in [1.29, 1.82) is 0 Å². The zero-order chi connectivity index (χ0) is 13.8. The summed E-state index contributed by atoms with van der Waals surface area (Å²) in [6.45, 7) is 0.582. The minimum Gasteiger partial charge on any atom is -0.478 e. The van der Waals surface area contributed by atoms with Gasteiger partial charge in [-0.1, -0.05) is 33.6 Å². The molecule has 0 heterocycles. The van der Waals surface area contributed by atoms with E-state index in [1.807, 2.05) is 18.2 Å².